The zero-order valence-electron chi connectivity index (χ0n) is 19.3. The van der Waals surface area contributed by atoms with Gasteiger partial charge in [0.05, 0.1) is 23.0 Å². The molecule has 0 spiro atoms. The van der Waals surface area contributed by atoms with Gasteiger partial charge < -0.3 is 15.6 Å². The lowest BCUT2D eigenvalue weighted by Gasteiger charge is -2.35. The minimum atomic E-state index is -1.24. The summed E-state index contributed by atoms with van der Waals surface area (Å²) >= 11 is 0. The Morgan fingerprint density at radius 3 is 2.63 bits per heavy atom. The molecule has 1 aliphatic rings. The number of nitrogens with two attached hydrogens (primary N) is 1. The predicted molar refractivity (Wildman–Crippen MR) is 127 cm³/mol. The van der Waals surface area contributed by atoms with E-state index in [1.54, 1.807) is 24.5 Å². The predicted octanol–water partition coefficient (Wildman–Crippen LogP) is 4.00. The molecule has 5 rings (SSSR count). The number of rotatable bonds is 5. The van der Waals surface area contributed by atoms with Crippen LogP contribution in [-0.4, -0.2) is 49.2 Å². The molecular formula is C25H24FN5O4. The van der Waals surface area contributed by atoms with Crippen LogP contribution in [0.4, 0.5) is 10.2 Å². The molecule has 1 aliphatic carbocycles. The number of ketones is 1. The van der Waals surface area contributed by atoms with Crippen molar-refractivity contribution < 1.29 is 23.8 Å². The molecule has 3 aromatic heterocycles. The zero-order chi connectivity index (χ0) is 24.9. The van der Waals surface area contributed by atoms with Crippen LogP contribution in [-0.2, 0) is 9.53 Å². The van der Waals surface area contributed by atoms with Crippen molar-refractivity contribution >= 4 is 34.1 Å². The van der Waals surface area contributed by atoms with Gasteiger partial charge in [-0.1, -0.05) is 0 Å². The molecule has 0 radical (unpaired) electrons. The third-order valence-electron chi connectivity index (χ3n) is 6.98. The molecule has 1 aromatic carbocycles. The van der Waals surface area contributed by atoms with Crippen molar-refractivity contribution in [1.29, 1.82) is 0 Å². The van der Waals surface area contributed by atoms with Crippen molar-refractivity contribution in [2.24, 2.45) is 0 Å². The van der Waals surface area contributed by atoms with Crippen LogP contribution >= 0.6 is 0 Å². The summed E-state index contributed by atoms with van der Waals surface area (Å²) in [4.78, 5) is 33.6. The standard InChI is InChI=1S/C25H24FN5O4/c1-13(32)20-21(14-5-7-25(35-2,8-6-14)24(33)34)30-23-18(12-29-31(23)22(20)27)16-9-15-10-17(26)3-4-19(15)28-11-16/h3-4,9-12,14H,5-8,27H2,1-2H3,(H,33,34)/t14-,25+. The van der Waals surface area contributed by atoms with Gasteiger partial charge in [0.2, 0.25) is 0 Å². The Balaban J connectivity index is 1.63. The largest absolute Gasteiger partial charge is 0.479 e. The van der Waals surface area contributed by atoms with Gasteiger partial charge in [0.1, 0.15) is 11.6 Å². The second kappa shape index (κ2) is 8.38. The number of halogens is 1. The molecule has 180 valence electrons. The third kappa shape index (κ3) is 3.70. The van der Waals surface area contributed by atoms with Gasteiger partial charge in [-0.3, -0.25) is 9.78 Å². The maximum Gasteiger partial charge on any atom is 0.335 e. The quantitative estimate of drug-likeness (QED) is 0.412. The number of nitrogens with zero attached hydrogens (tertiary/aromatic N) is 4. The highest BCUT2D eigenvalue weighted by atomic mass is 19.1. The molecule has 10 heteroatoms. The van der Waals surface area contributed by atoms with E-state index in [0.717, 1.165) is 0 Å². The minimum Gasteiger partial charge on any atom is -0.479 e. The van der Waals surface area contributed by atoms with Crippen molar-refractivity contribution in [2.45, 2.75) is 44.1 Å². The maximum atomic E-state index is 13.8. The Bertz CT molecular complexity index is 1490. The Labute approximate surface area is 199 Å². The van der Waals surface area contributed by atoms with E-state index in [1.807, 2.05) is 0 Å². The first kappa shape index (κ1) is 22.9. The van der Waals surface area contributed by atoms with Crippen LogP contribution in [0.3, 0.4) is 0 Å². The minimum absolute atomic E-state index is 0.171. The molecule has 0 saturated heterocycles. The van der Waals surface area contributed by atoms with Crippen LogP contribution < -0.4 is 5.73 Å². The van der Waals surface area contributed by atoms with E-state index in [2.05, 4.69) is 10.1 Å². The summed E-state index contributed by atoms with van der Waals surface area (Å²) in [6.07, 6.45) is 4.79. The number of aromatic nitrogens is 4. The number of hydrogen-bond donors (Lipinski definition) is 2. The van der Waals surface area contributed by atoms with Crippen LogP contribution in [0.2, 0.25) is 0 Å². The van der Waals surface area contributed by atoms with Crippen molar-refractivity contribution in [2.75, 3.05) is 12.8 Å². The number of methoxy groups -OCH3 is 1. The van der Waals surface area contributed by atoms with Crippen molar-refractivity contribution in [3.63, 3.8) is 0 Å². The number of aliphatic carboxylic acids is 1. The van der Waals surface area contributed by atoms with E-state index in [0.29, 0.717) is 59.1 Å². The molecule has 9 nitrogen and oxygen atoms in total. The number of carboxylic acids is 1. The van der Waals surface area contributed by atoms with Crippen LogP contribution in [0, 0.1) is 5.82 Å². The fraction of sp³-hybridized carbons (Fsp3) is 0.320. The summed E-state index contributed by atoms with van der Waals surface area (Å²) in [6, 6.07) is 6.18. The van der Waals surface area contributed by atoms with Crippen LogP contribution in [0.15, 0.2) is 36.7 Å². The topological polar surface area (TPSA) is 133 Å². The number of carbonyl (C=O) groups is 2. The second-order valence-electron chi connectivity index (χ2n) is 8.95. The lowest BCUT2D eigenvalue weighted by molar-refractivity contribution is -0.166. The lowest BCUT2D eigenvalue weighted by Crippen LogP contribution is -2.43. The monoisotopic (exact) mass is 477 g/mol. The summed E-state index contributed by atoms with van der Waals surface area (Å²) in [5.41, 5.74) is 8.41. The first-order valence-corrected chi connectivity index (χ1v) is 11.3. The first-order valence-electron chi connectivity index (χ1n) is 11.3. The third-order valence-corrected chi connectivity index (χ3v) is 6.98. The number of ether oxygens (including phenoxy) is 1. The Hall–Kier alpha value is -3.92. The van der Waals surface area contributed by atoms with Crippen molar-refractivity contribution in [1.82, 2.24) is 19.6 Å². The van der Waals surface area contributed by atoms with E-state index < -0.39 is 11.6 Å². The number of nitrogen functional groups attached to an aromatic ring is 1. The Morgan fingerprint density at radius 2 is 1.97 bits per heavy atom. The van der Waals surface area contributed by atoms with E-state index in [9.17, 15) is 19.1 Å². The van der Waals surface area contributed by atoms with Gasteiger partial charge in [-0.15, -0.1) is 0 Å². The SMILES string of the molecule is CO[C@]1(C(=O)O)CC[C@H](c2nc3c(-c4cnc5ccc(F)cc5c4)cnn3c(N)c2C(C)=O)CC1. The number of Topliss-reactive ketones (excluding diaryl/α,β-unsaturated/α-hetero) is 1. The summed E-state index contributed by atoms with van der Waals surface area (Å²) in [5, 5.41) is 14.6. The molecule has 35 heavy (non-hydrogen) atoms. The second-order valence-corrected chi connectivity index (χ2v) is 8.95. The number of pyridine rings is 1. The van der Waals surface area contributed by atoms with Crippen molar-refractivity contribution in [3.05, 3.63) is 53.7 Å². The number of carboxylic acid groups (broad SMARTS) is 1. The van der Waals surface area contributed by atoms with Gasteiger partial charge in [-0.2, -0.15) is 9.61 Å². The summed E-state index contributed by atoms with van der Waals surface area (Å²) in [6.45, 7) is 1.43. The summed E-state index contributed by atoms with van der Waals surface area (Å²) in [5.74, 6) is -1.60. The molecule has 0 amide bonds. The molecule has 0 atom stereocenters. The number of fused-ring (bicyclic) bond motifs is 2. The highest BCUT2D eigenvalue weighted by molar-refractivity contribution is 6.00. The normalized spacial score (nSPS) is 20.4. The van der Waals surface area contributed by atoms with Crippen LogP contribution in [0.1, 0.15) is 54.6 Å². The van der Waals surface area contributed by atoms with Crippen LogP contribution in [0.5, 0.6) is 0 Å². The average Bonchev–Trinajstić information content (AvgIpc) is 3.27. The fourth-order valence-electron chi connectivity index (χ4n) is 5.01. The highest BCUT2D eigenvalue weighted by Gasteiger charge is 2.43. The molecule has 4 aromatic rings. The van der Waals surface area contributed by atoms with E-state index in [1.165, 1.54) is 30.7 Å². The van der Waals surface area contributed by atoms with Gasteiger partial charge >= 0.3 is 5.97 Å². The van der Waals surface area contributed by atoms with E-state index in [-0.39, 0.29) is 28.9 Å². The van der Waals surface area contributed by atoms with Gasteiger partial charge in [-0.05, 0) is 56.9 Å². The molecule has 1 saturated carbocycles. The van der Waals surface area contributed by atoms with E-state index in [4.69, 9.17) is 15.5 Å². The highest BCUT2D eigenvalue weighted by Crippen LogP contribution is 2.42. The van der Waals surface area contributed by atoms with Crippen LogP contribution in [0.25, 0.3) is 27.7 Å². The number of anilines is 1. The number of hydrogen-bond acceptors (Lipinski definition) is 7. The van der Waals surface area contributed by atoms with Gasteiger partial charge in [0.25, 0.3) is 0 Å². The Morgan fingerprint density at radius 1 is 1.23 bits per heavy atom. The summed E-state index contributed by atoms with van der Waals surface area (Å²) in [7, 11) is 1.40. The van der Waals surface area contributed by atoms with Crippen molar-refractivity contribution in [3.8, 4) is 11.1 Å². The van der Waals surface area contributed by atoms with Gasteiger partial charge in [0, 0.05) is 35.7 Å². The number of benzene rings is 1. The number of carbonyl (C=O) groups excluding carboxylic acids is 1. The fourth-order valence-corrected chi connectivity index (χ4v) is 5.01. The molecule has 3 N–H and O–H groups in total. The molecule has 0 bridgehead atoms. The smallest absolute Gasteiger partial charge is 0.335 e. The first-order chi connectivity index (χ1) is 16.7. The maximum absolute atomic E-state index is 13.8. The van der Waals surface area contributed by atoms with Gasteiger partial charge in [-0.25, -0.2) is 14.2 Å². The molecule has 3 heterocycles. The molecule has 1 fully saturated rings. The lowest BCUT2D eigenvalue weighted by atomic mass is 9.76. The Kier molecular flexibility index (Phi) is 5.47. The zero-order valence-corrected chi connectivity index (χ0v) is 19.3. The van der Waals surface area contributed by atoms with E-state index >= 15 is 0 Å². The molecule has 0 unspecified atom stereocenters. The molecule has 0 aliphatic heterocycles. The summed E-state index contributed by atoms with van der Waals surface area (Å²) < 4.78 is 20.5. The molecular weight excluding hydrogens is 453 g/mol. The average molecular weight is 477 g/mol. The van der Waals surface area contributed by atoms with Gasteiger partial charge in [0.15, 0.2) is 17.0 Å².